The van der Waals surface area contributed by atoms with Crippen LogP contribution in [0, 0.1) is 17.2 Å². The van der Waals surface area contributed by atoms with Crippen LogP contribution in [0.4, 0.5) is 0 Å². The molecule has 0 spiro atoms. The summed E-state index contributed by atoms with van der Waals surface area (Å²) < 4.78 is 10.9. The Morgan fingerprint density at radius 2 is 1.84 bits per heavy atom. The number of nitrogen functional groups attached to an aromatic ring is 1. The van der Waals surface area contributed by atoms with Crippen LogP contribution in [0.1, 0.15) is 43.5 Å². The molecular formula is C25H30N4O3. The number of fused-ring (bicyclic) bond motifs is 2. The maximum Gasteiger partial charge on any atom is 0.231 e. The molecule has 3 N–H and O–H groups in total. The number of nitrogens with two attached hydrogens (primary N) is 1. The summed E-state index contributed by atoms with van der Waals surface area (Å²) in [5.74, 6) is 1.82. The van der Waals surface area contributed by atoms with Gasteiger partial charge in [-0.25, -0.2) is 0 Å². The number of amidine groups is 1. The van der Waals surface area contributed by atoms with Crippen LogP contribution in [0.2, 0.25) is 0 Å². The quantitative estimate of drug-likeness (QED) is 0.570. The Kier molecular flexibility index (Phi) is 4.71. The minimum absolute atomic E-state index is 0.0206. The van der Waals surface area contributed by atoms with Crippen LogP contribution in [0.5, 0.6) is 11.5 Å². The van der Waals surface area contributed by atoms with Crippen LogP contribution in [-0.2, 0) is 11.3 Å². The summed E-state index contributed by atoms with van der Waals surface area (Å²) in [5, 5.41) is 7.66. The maximum atomic E-state index is 13.8. The van der Waals surface area contributed by atoms with Crippen molar-refractivity contribution in [2.24, 2.45) is 17.6 Å². The summed E-state index contributed by atoms with van der Waals surface area (Å²) in [6.45, 7) is 7.45. The van der Waals surface area contributed by atoms with Crippen molar-refractivity contribution in [1.29, 1.82) is 5.41 Å². The first-order valence-corrected chi connectivity index (χ1v) is 11.1. The minimum atomic E-state index is -0.146. The van der Waals surface area contributed by atoms with Crippen molar-refractivity contribution in [3.05, 3.63) is 59.2 Å². The number of hydrogen-bond acceptors (Lipinski definition) is 5. The molecule has 0 saturated carbocycles. The maximum absolute atomic E-state index is 13.8. The van der Waals surface area contributed by atoms with E-state index in [1.807, 2.05) is 47.4 Å². The molecule has 0 aromatic heterocycles. The van der Waals surface area contributed by atoms with Gasteiger partial charge >= 0.3 is 0 Å². The van der Waals surface area contributed by atoms with Crippen molar-refractivity contribution < 1.29 is 14.3 Å². The standard InChI is InChI=1S/C25H30N4O3/c1-14-21-20(24(30)29(14)12-15-5-10-18-19(11-15)32-13-31-18)22(28(4)25(21,2)3)16-6-8-17(9-7-16)23(26)27/h5-11,14,20-22H,12-13H2,1-4H3,(H3,26,27). The lowest BCUT2D eigenvalue weighted by molar-refractivity contribution is -0.133. The van der Waals surface area contributed by atoms with E-state index in [2.05, 4.69) is 32.7 Å². The summed E-state index contributed by atoms with van der Waals surface area (Å²) in [7, 11) is 2.12. The van der Waals surface area contributed by atoms with Gasteiger partial charge in [-0.05, 0) is 51.1 Å². The zero-order valence-electron chi connectivity index (χ0n) is 19.0. The molecule has 7 heteroatoms. The highest BCUT2D eigenvalue weighted by atomic mass is 16.7. The van der Waals surface area contributed by atoms with Gasteiger partial charge < -0.3 is 20.1 Å². The summed E-state index contributed by atoms with van der Waals surface area (Å²) in [4.78, 5) is 18.2. The van der Waals surface area contributed by atoms with Crippen LogP contribution >= 0.6 is 0 Å². The van der Waals surface area contributed by atoms with E-state index >= 15 is 0 Å². The molecule has 4 atom stereocenters. The Hall–Kier alpha value is -3.06. The molecule has 2 saturated heterocycles. The molecule has 3 aliphatic heterocycles. The average Bonchev–Trinajstić information content (AvgIpc) is 3.38. The number of carbonyl (C=O) groups excluding carboxylic acids is 1. The molecule has 2 fully saturated rings. The van der Waals surface area contributed by atoms with Crippen molar-refractivity contribution in [3.63, 3.8) is 0 Å². The van der Waals surface area contributed by atoms with Crippen molar-refractivity contribution in [1.82, 2.24) is 9.80 Å². The molecule has 0 radical (unpaired) electrons. The van der Waals surface area contributed by atoms with Gasteiger partial charge in [0, 0.05) is 35.6 Å². The van der Waals surface area contributed by atoms with Crippen LogP contribution < -0.4 is 15.2 Å². The van der Waals surface area contributed by atoms with Crippen molar-refractivity contribution in [3.8, 4) is 11.5 Å². The Morgan fingerprint density at radius 3 is 2.53 bits per heavy atom. The number of nitrogens with zero attached hydrogens (tertiary/aromatic N) is 2. The smallest absolute Gasteiger partial charge is 0.231 e. The molecule has 3 aliphatic rings. The fourth-order valence-corrected chi connectivity index (χ4v) is 5.98. The molecule has 3 heterocycles. The van der Waals surface area contributed by atoms with E-state index in [0.29, 0.717) is 12.1 Å². The fourth-order valence-electron chi connectivity index (χ4n) is 5.98. The van der Waals surface area contributed by atoms with Crippen LogP contribution in [0.3, 0.4) is 0 Å². The second-order valence-electron chi connectivity index (χ2n) is 9.69. The van der Waals surface area contributed by atoms with E-state index in [4.69, 9.17) is 20.6 Å². The molecule has 32 heavy (non-hydrogen) atoms. The van der Waals surface area contributed by atoms with Gasteiger partial charge in [-0.2, -0.15) is 0 Å². The average molecular weight is 435 g/mol. The number of amides is 1. The monoisotopic (exact) mass is 434 g/mol. The SMILES string of the molecule is CC1C2C(C(=O)N1Cc1ccc3c(c1)OCO3)C(c1ccc(C(=N)N)cc1)N(C)C2(C)C. The third kappa shape index (κ3) is 2.98. The summed E-state index contributed by atoms with van der Waals surface area (Å²) in [5.41, 5.74) is 8.31. The van der Waals surface area contributed by atoms with Gasteiger partial charge in [-0.3, -0.25) is 15.1 Å². The number of nitrogens with one attached hydrogen (secondary N) is 1. The molecule has 7 nitrogen and oxygen atoms in total. The van der Waals surface area contributed by atoms with Crippen LogP contribution in [0.15, 0.2) is 42.5 Å². The van der Waals surface area contributed by atoms with Crippen LogP contribution in [0.25, 0.3) is 0 Å². The molecule has 0 aliphatic carbocycles. The van der Waals surface area contributed by atoms with Gasteiger partial charge in [0.25, 0.3) is 0 Å². The number of benzene rings is 2. The second kappa shape index (κ2) is 7.24. The minimum Gasteiger partial charge on any atom is -0.454 e. The van der Waals surface area contributed by atoms with E-state index in [-0.39, 0.29) is 48.0 Å². The van der Waals surface area contributed by atoms with Crippen molar-refractivity contribution in [2.45, 2.75) is 44.9 Å². The first kappa shape index (κ1) is 20.8. The Bertz CT molecular complexity index is 1080. The van der Waals surface area contributed by atoms with E-state index in [1.54, 1.807) is 0 Å². The molecule has 0 bridgehead atoms. The number of carbonyl (C=O) groups is 1. The highest BCUT2D eigenvalue weighted by Crippen LogP contribution is 2.56. The number of hydrogen-bond donors (Lipinski definition) is 2. The number of rotatable bonds is 4. The van der Waals surface area contributed by atoms with Crippen molar-refractivity contribution in [2.75, 3.05) is 13.8 Å². The zero-order valence-corrected chi connectivity index (χ0v) is 19.0. The largest absolute Gasteiger partial charge is 0.454 e. The van der Waals surface area contributed by atoms with Crippen LogP contribution in [-0.4, -0.2) is 47.0 Å². The molecule has 4 unspecified atom stereocenters. The Labute approximate surface area is 188 Å². The molecule has 2 aromatic carbocycles. The number of likely N-dealkylation sites (tertiary alicyclic amines) is 2. The summed E-state index contributed by atoms with van der Waals surface area (Å²) >= 11 is 0. The Morgan fingerprint density at radius 1 is 1.16 bits per heavy atom. The van der Waals surface area contributed by atoms with Gasteiger partial charge in [-0.1, -0.05) is 30.3 Å². The van der Waals surface area contributed by atoms with E-state index < -0.39 is 0 Å². The lowest BCUT2D eigenvalue weighted by atomic mass is 9.78. The summed E-state index contributed by atoms with van der Waals surface area (Å²) in [6.07, 6.45) is 0. The summed E-state index contributed by atoms with van der Waals surface area (Å²) in [6, 6.07) is 13.8. The van der Waals surface area contributed by atoms with E-state index in [9.17, 15) is 4.79 Å². The van der Waals surface area contributed by atoms with Crippen molar-refractivity contribution >= 4 is 11.7 Å². The van der Waals surface area contributed by atoms with E-state index in [0.717, 1.165) is 22.6 Å². The highest BCUT2D eigenvalue weighted by Gasteiger charge is 2.62. The fraction of sp³-hybridized carbons (Fsp3) is 0.440. The molecule has 1 amide bonds. The Balaban J connectivity index is 1.47. The van der Waals surface area contributed by atoms with Gasteiger partial charge in [0.1, 0.15) is 5.84 Å². The molecule has 2 aromatic rings. The second-order valence-corrected chi connectivity index (χ2v) is 9.69. The number of ether oxygens (including phenoxy) is 2. The normalized spacial score (nSPS) is 28.2. The zero-order chi connectivity index (χ0) is 22.8. The predicted octanol–water partition coefficient (Wildman–Crippen LogP) is 3.13. The molecule has 168 valence electrons. The predicted molar refractivity (Wildman–Crippen MR) is 122 cm³/mol. The van der Waals surface area contributed by atoms with E-state index in [1.165, 1.54) is 0 Å². The van der Waals surface area contributed by atoms with Gasteiger partial charge in [-0.15, -0.1) is 0 Å². The highest BCUT2D eigenvalue weighted by molar-refractivity contribution is 5.95. The third-order valence-electron chi connectivity index (χ3n) is 7.80. The van der Waals surface area contributed by atoms with Gasteiger partial charge in [0.2, 0.25) is 12.7 Å². The third-order valence-corrected chi connectivity index (χ3v) is 7.80. The lowest BCUT2D eigenvalue weighted by Gasteiger charge is -2.39. The first-order valence-electron chi connectivity index (χ1n) is 11.1. The molecule has 5 rings (SSSR count). The first-order chi connectivity index (χ1) is 15.2. The van der Waals surface area contributed by atoms with Gasteiger partial charge in [0.05, 0.1) is 5.92 Å². The topological polar surface area (TPSA) is 91.9 Å². The lowest BCUT2D eigenvalue weighted by Crippen LogP contribution is -2.47. The molecular weight excluding hydrogens is 404 g/mol. The van der Waals surface area contributed by atoms with Gasteiger partial charge in [0.15, 0.2) is 11.5 Å².